The monoisotopic (exact) mass is 328 g/mol. The quantitative estimate of drug-likeness (QED) is 0.863. The van der Waals surface area contributed by atoms with Gasteiger partial charge in [-0.2, -0.15) is 0 Å². The number of carbonyl (C=O) groups excluding carboxylic acids is 1. The molecular weight excluding hydrogens is 304 g/mol. The van der Waals surface area contributed by atoms with Gasteiger partial charge in [0, 0.05) is 28.8 Å². The van der Waals surface area contributed by atoms with Gasteiger partial charge < -0.3 is 10.2 Å². The number of amides is 1. The van der Waals surface area contributed by atoms with E-state index in [2.05, 4.69) is 29.3 Å². The van der Waals surface area contributed by atoms with Crippen LogP contribution in [0.1, 0.15) is 37.5 Å². The van der Waals surface area contributed by atoms with Gasteiger partial charge in [0.15, 0.2) is 0 Å². The van der Waals surface area contributed by atoms with Crippen LogP contribution in [0.5, 0.6) is 0 Å². The third-order valence-electron chi connectivity index (χ3n) is 4.50. The van der Waals surface area contributed by atoms with Gasteiger partial charge in [-0.15, -0.1) is 11.3 Å². The molecule has 1 aromatic heterocycles. The molecule has 4 heteroatoms. The molecule has 1 saturated heterocycles. The summed E-state index contributed by atoms with van der Waals surface area (Å²) in [5.41, 5.74) is 2.15. The zero-order valence-electron chi connectivity index (χ0n) is 13.6. The molecule has 2 aromatic rings. The third-order valence-corrected chi connectivity index (χ3v) is 5.37. The maximum atomic E-state index is 12.0. The minimum absolute atomic E-state index is 0.0459. The van der Waals surface area contributed by atoms with Crippen molar-refractivity contribution in [1.29, 1.82) is 0 Å². The molecule has 0 saturated carbocycles. The zero-order valence-corrected chi connectivity index (χ0v) is 14.4. The van der Waals surface area contributed by atoms with Crippen molar-refractivity contribution in [2.45, 2.75) is 45.1 Å². The number of piperidine rings is 1. The third kappa shape index (κ3) is 4.14. The predicted molar refractivity (Wildman–Crippen MR) is 98.4 cm³/mol. The Balaban J connectivity index is 1.61. The largest absolute Gasteiger partial charge is 0.369 e. The highest BCUT2D eigenvalue weighted by Gasteiger charge is 2.20. The van der Waals surface area contributed by atoms with Crippen molar-refractivity contribution < 1.29 is 4.79 Å². The molecule has 1 amide bonds. The highest BCUT2D eigenvalue weighted by atomic mass is 32.1. The molecule has 1 aliphatic rings. The molecule has 3 nitrogen and oxygen atoms in total. The number of nitrogens with zero attached hydrogens (tertiary/aromatic N) is 1. The number of benzene rings is 1. The van der Waals surface area contributed by atoms with Crippen LogP contribution >= 0.6 is 11.3 Å². The van der Waals surface area contributed by atoms with E-state index in [4.69, 9.17) is 0 Å². The van der Waals surface area contributed by atoms with Gasteiger partial charge in [0.2, 0.25) is 5.91 Å². The molecule has 0 radical (unpaired) electrons. The number of anilines is 2. The van der Waals surface area contributed by atoms with Crippen LogP contribution in [0.2, 0.25) is 0 Å². The summed E-state index contributed by atoms with van der Waals surface area (Å²) in [5.74, 6) is 0.0459. The average Bonchev–Trinajstić information content (AvgIpc) is 3.08. The van der Waals surface area contributed by atoms with Crippen LogP contribution in [0, 0.1) is 0 Å². The Bertz CT molecular complexity index is 621. The van der Waals surface area contributed by atoms with Crippen LogP contribution in [0.3, 0.4) is 0 Å². The second kappa shape index (κ2) is 7.64. The number of hydrogen-bond acceptors (Lipinski definition) is 3. The lowest BCUT2D eigenvalue weighted by Crippen LogP contribution is -2.39. The number of hydrogen-bond donors (Lipinski definition) is 1. The second-order valence-corrected chi connectivity index (χ2v) is 7.13. The summed E-state index contributed by atoms with van der Waals surface area (Å²) in [7, 11) is 0. The number of thiophene rings is 1. The lowest BCUT2D eigenvalue weighted by molar-refractivity contribution is -0.115. The van der Waals surface area contributed by atoms with Crippen LogP contribution in [-0.4, -0.2) is 18.5 Å². The van der Waals surface area contributed by atoms with E-state index in [0.29, 0.717) is 12.5 Å². The molecule has 0 spiro atoms. The molecular formula is C19H24N2OS. The molecule has 0 aliphatic carbocycles. The fraction of sp³-hybridized carbons (Fsp3) is 0.421. The van der Waals surface area contributed by atoms with Gasteiger partial charge in [-0.25, -0.2) is 0 Å². The minimum Gasteiger partial charge on any atom is -0.369 e. The Morgan fingerprint density at radius 2 is 2.09 bits per heavy atom. The van der Waals surface area contributed by atoms with Crippen molar-refractivity contribution >= 4 is 28.6 Å². The molecule has 1 aromatic carbocycles. The smallest absolute Gasteiger partial charge is 0.229 e. The molecule has 3 rings (SSSR count). The van der Waals surface area contributed by atoms with E-state index in [9.17, 15) is 4.79 Å². The SMILES string of the molecule is CCC1CCCCN1c1ccc(NC(=O)Cc2cccs2)cc1. The molecule has 0 bridgehead atoms. The molecule has 122 valence electrons. The summed E-state index contributed by atoms with van der Waals surface area (Å²) < 4.78 is 0. The van der Waals surface area contributed by atoms with Crippen LogP contribution in [0.25, 0.3) is 0 Å². The highest BCUT2D eigenvalue weighted by Crippen LogP contribution is 2.27. The standard InChI is InChI=1S/C19H24N2OS/c1-2-16-6-3-4-12-21(16)17-10-8-15(9-11-17)20-19(22)14-18-7-5-13-23-18/h5,7-11,13,16H,2-4,6,12,14H2,1H3,(H,20,22). The zero-order chi connectivity index (χ0) is 16.1. The minimum atomic E-state index is 0.0459. The Hall–Kier alpha value is -1.81. The van der Waals surface area contributed by atoms with Crippen LogP contribution < -0.4 is 10.2 Å². The predicted octanol–water partition coefficient (Wildman–Crippen LogP) is 4.70. The van der Waals surface area contributed by atoms with Crippen molar-refractivity contribution in [2.24, 2.45) is 0 Å². The van der Waals surface area contributed by atoms with Crippen molar-refractivity contribution in [1.82, 2.24) is 0 Å². The average molecular weight is 328 g/mol. The van der Waals surface area contributed by atoms with Gasteiger partial charge in [0.1, 0.15) is 0 Å². The maximum Gasteiger partial charge on any atom is 0.229 e. The Morgan fingerprint density at radius 1 is 1.26 bits per heavy atom. The first-order valence-corrected chi connectivity index (χ1v) is 9.33. The van der Waals surface area contributed by atoms with Crippen molar-refractivity contribution in [3.05, 3.63) is 46.7 Å². The number of nitrogens with one attached hydrogen (secondary N) is 1. The maximum absolute atomic E-state index is 12.0. The van der Waals surface area contributed by atoms with Crippen molar-refractivity contribution in [2.75, 3.05) is 16.8 Å². The topological polar surface area (TPSA) is 32.3 Å². The van der Waals surface area contributed by atoms with E-state index in [1.807, 2.05) is 29.6 Å². The fourth-order valence-corrected chi connectivity index (χ4v) is 3.98. The molecule has 23 heavy (non-hydrogen) atoms. The van der Waals surface area contributed by atoms with Gasteiger partial charge in [-0.1, -0.05) is 13.0 Å². The fourth-order valence-electron chi connectivity index (χ4n) is 3.28. The van der Waals surface area contributed by atoms with Crippen LogP contribution in [0.4, 0.5) is 11.4 Å². The molecule has 1 unspecified atom stereocenters. The Morgan fingerprint density at radius 3 is 2.78 bits per heavy atom. The van der Waals surface area contributed by atoms with Gasteiger partial charge in [0.05, 0.1) is 6.42 Å². The van der Waals surface area contributed by atoms with Gasteiger partial charge in [-0.3, -0.25) is 4.79 Å². The summed E-state index contributed by atoms with van der Waals surface area (Å²) in [6.45, 7) is 3.41. The first-order valence-electron chi connectivity index (χ1n) is 8.45. The van der Waals surface area contributed by atoms with E-state index >= 15 is 0 Å². The molecule has 1 N–H and O–H groups in total. The van der Waals surface area contributed by atoms with Crippen LogP contribution in [-0.2, 0) is 11.2 Å². The second-order valence-electron chi connectivity index (χ2n) is 6.10. The Labute approximate surface area is 142 Å². The van der Waals surface area contributed by atoms with Gasteiger partial charge in [-0.05, 0) is 61.4 Å². The van der Waals surface area contributed by atoms with E-state index in [-0.39, 0.29) is 5.91 Å². The summed E-state index contributed by atoms with van der Waals surface area (Å²) in [6, 6.07) is 12.9. The van der Waals surface area contributed by atoms with Crippen molar-refractivity contribution in [3.63, 3.8) is 0 Å². The molecule has 1 aliphatic heterocycles. The van der Waals surface area contributed by atoms with E-state index in [1.165, 1.54) is 31.4 Å². The normalized spacial score (nSPS) is 18.0. The summed E-state index contributed by atoms with van der Waals surface area (Å²) in [6.07, 6.45) is 5.54. The summed E-state index contributed by atoms with van der Waals surface area (Å²) in [4.78, 5) is 15.7. The first kappa shape index (κ1) is 16.1. The highest BCUT2D eigenvalue weighted by molar-refractivity contribution is 7.10. The van der Waals surface area contributed by atoms with E-state index < -0.39 is 0 Å². The van der Waals surface area contributed by atoms with Crippen LogP contribution in [0.15, 0.2) is 41.8 Å². The first-order chi connectivity index (χ1) is 11.3. The van der Waals surface area contributed by atoms with Gasteiger partial charge in [0.25, 0.3) is 0 Å². The molecule has 1 atom stereocenters. The molecule has 1 fully saturated rings. The number of carbonyl (C=O) groups is 1. The van der Waals surface area contributed by atoms with Crippen molar-refractivity contribution in [3.8, 4) is 0 Å². The summed E-state index contributed by atoms with van der Waals surface area (Å²) >= 11 is 1.62. The Kier molecular flexibility index (Phi) is 5.34. The number of rotatable bonds is 5. The van der Waals surface area contributed by atoms with Gasteiger partial charge >= 0.3 is 0 Å². The lowest BCUT2D eigenvalue weighted by Gasteiger charge is -2.37. The lowest BCUT2D eigenvalue weighted by atomic mass is 9.99. The van der Waals surface area contributed by atoms with E-state index in [0.717, 1.165) is 17.1 Å². The van der Waals surface area contributed by atoms with E-state index in [1.54, 1.807) is 11.3 Å². The summed E-state index contributed by atoms with van der Waals surface area (Å²) in [5, 5.41) is 4.98. The molecule has 2 heterocycles.